The molecule has 0 bridgehead atoms. The Labute approximate surface area is 155 Å². The van der Waals surface area contributed by atoms with Gasteiger partial charge < -0.3 is 10.6 Å². The molecule has 9 heteroatoms. The SMILES string of the molecule is O=C(NC1CCCn2nccc2NC1=O)c1n[nH]c(Cc2ccccc2)n1. The van der Waals surface area contributed by atoms with Gasteiger partial charge in [-0.05, 0) is 18.4 Å². The number of aryl methyl sites for hydroxylation is 1. The lowest BCUT2D eigenvalue weighted by Crippen LogP contribution is -2.45. The number of benzene rings is 1. The number of aromatic amines is 1. The minimum atomic E-state index is -0.641. The molecule has 2 aromatic heterocycles. The normalized spacial score (nSPS) is 16.7. The van der Waals surface area contributed by atoms with Gasteiger partial charge in [0.15, 0.2) is 0 Å². The molecule has 138 valence electrons. The zero-order valence-electron chi connectivity index (χ0n) is 14.6. The highest BCUT2D eigenvalue weighted by Crippen LogP contribution is 2.14. The smallest absolute Gasteiger partial charge is 0.291 e. The van der Waals surface area contributed by atoms with E-state index in [0.717, 1.165) is 12.0 Å². The molecule has 3 aromatic rings. The molecule has 2 amide bonds. The third-order valence-corrected chi connectivity index (χ3v) is 4.40. The number of hydrogen-bond acceptors (Lipinski definition) is 5. The summed E-state index contributed by atoms with van der Waals surface area (Å²) in [7, 11) is 0. The average Bonchev–Trinajstić information content (AvgIpc) is 3.30. The van der Waals surface area contributed by atoms with Gasteiger partial charge in [-0.25, -0.2) is 9.67 Å². The monoisotopic (exact) mass is 365 g/mol. The van der Waals surface area contributed by atoms with Gasteiger partial charge in [-0.1, -0.05) is 30.3 Å². The Balaban J connectivity index is 1.41. The molecule has 27 heavy (non-hydrogen) atoms. The molecule has 0 saturated heterocycles. The van der Waals surface area contributed by atoms with Crippen molar-refractivity contribution in [1.82, 2.24) is 30.3 Å². The third kappa shape index (κ3) is 3.86. The van der Waals surface area contributed by atoms with E-state index in [0.29, 0.717) is 31.0 Å². The minimum Gasteiger partial charge on any atom is -0.337 e. The first-order valence-corrected chi connectivity index (χ1v) is 8.78. The summed E-state index contributed by atoms with van der Waals surface area (Å²) in [5.41, 5.74) is 1.07. The van der Waals surface area contributed by atoms with Gasteiger partial charge in [0.2, 0.25) is 11.7 Å². The highest BCUT2D eigenvalue weighted by Gasteiger charge is 2.25. The number of amides is 2. The van der Waals surface area contributed by atoms with Crippen LogP contribution in [0, 0.1) is 0 Å². The lowest BCUT2D eigenvalue weighted by atomic mass is 10.1. The van der Waals surface area contributed by atoms with Gasteiger partial charge >= 0.3 is 0 Å². The van der Waals surface area contributed by atoms with Gasteiger partial charge in [0.1, 0.15) is 17.7 Å². The summed E-state index contributed by atoms with van der Waals surface area (Å²) in [5.74, 6) is 0.504. The van der Waals surface area contributed by atoms with E-state index in [9.17, 15) is 9.59 Å². The first kappa shape index (κ1) is 17.0. The predicted octanol–water partition coefficient (Wildman–Crippen LogP) is 1.12. The van der Waals surface area contributed by atoms with Crippen molar-refractivity contribution >= 4 is 17.6 Å². The molecule has 0 radical (unpaired) electrons. The van der Waals surface area contributed by atoms with Crippen LogP contribution in [0.15, 0.2) is 42.6 Å². The number of rotatable bonds is 4. The lowest BCUT2D eigenvalue weighted by Gasteiger charge is -2.21. The van der Waals surface area contributed by atoms with Gasteiger partial charge in [-0.3, -0.25) is 14.7 Å². The maximum absolute atomic E-state index is 12.5. The van der Waals surface area contributed by atoms with E-state index >= 15 is 0 Å². The van der Waals surface area contributed by atoms with Crippen molar-refractivity contribution < 1.29 is 9.59 Å². The Kier molecular flexibility index (Phi) is 4.65. The van der Waals surface area contributed by atoms with Crippen LogP contribution in [0.25, 0.3) is 0 Å². The van der Waals surface area contributed by atoms with Crippen LogP contribution in [0.3, 0.4) is 0 Å². The van der Waals surface area contributed by atoms with Crippen LogP contribution < -0.4 is 10.6 Å². The van der Waals surface area contributed by atoms with E-state index in [1.54, 1.807) is 16.9 Å². The maximum Gasteiger partial charge on any atom is 0.291 e. The summed E-state index contributed by atoms with van der Waals surface area (Å²) < 4.78 is 1.74. The number of hydrogen-bond donors (Lipinski definition) is 3. The average molecular weight is 365 g/mol. The second-order valence-electron chi connectivity index (χ2n) is 6.37. The first-order valence-electron chi connectivity index (χ1n) is 8.78. The van der Waals surface area contributed by atoms with Crippen molar-refractivity contribution in [2.24, 2.45) is 0 Å². The fourth-order valence-corrected chi connectivity index (χ4v) is 3.03. The largest absolute Gasteiger partial charge is 0.337 e. The number of carbonyl (C=O) groups is 2. The zero-order valence-corrected chi connectivity index (χ0v) is 14.6. The van der Waals surface area contributed by atoms with E-state index in [4.69, 9.17) is 0 Å². The number of carbonyl (C=O) groups excluding carboxylic acids is 2. The van der Waals surface area contributed by atoms with Crippen LogP contribution in [0.4, 0.5) is 5.82 Å². The molecule has 1 unspecified atom stereocenters. The highest BCUT2D eigenvalue weighted by atomic mass is 16.2. The van der Waals surface area contributed by atoms with Crippen molar-refractivity contribution in [3.05, 3.63) is 59.8 Å². The molecule has 0 saturated carbocycles. The van der Waals surface area contributed by atoms with E-state index in [-0.39, 0.29) is 11.7 Å². The summed E-state index contributed by atoms with van der Waals surface area (Å²) in [6, 6.07) is 10.9. The fourth-order valence-electron chi connectivity index (χ4n) is 3.03. The Bertz CT molecular complexity index is 948. The fraction of sp³-hybridized carbons (Fsp3) is 0.278. The standard InChI is InChI=1S/C18H19N7O2/c26-17-13(7-4-10-25-15(22-17)8-9-19-25)20-18(27)16-21-14(23-24-16)11-12-5-2-1-3-6-12/h1-3,5-6,8-9,13H,4,7,10-11H2,(H,20,27)(H,22,26)(H,21,23,24). The van der Waals surface area contributed by atoms with E-state index in [1.807, 2.05) is 30.3 Å². The zero-order chi connectivity index (χ0) is 18.6. The Hall–Kier alpha value is -3.49. The lowest BCUT2D eigenvalue weighted by molar-refractivity contribution is -0.118. The van der Waals surface area contributed by atoms with Crippen LogP contribution in [-0.4, -0.2) is 42.8 Å². The molecule has 3 heterocycles. The summed E-state index contributed by atoms with van der Waals surface area (Å²) in [5, 5.41) is 16.4. The van der Waals surface area contributed by atoms with Crippen molar-refractivity contribution in [3.63, 3.8) is 0 Å². The van der Waals surface area contributed by atoms with Gasteiger partial charge in [0.25, 0.3) is 5.91 Å². The molecule has 1 aliphatic rings. The van der Waals surface area contributed by atoms with Crippen molar-refractivity contribution in [1.29, 1.82) is 0 Å². The van der Waals surface area contributed by atoms with Crippen LogP contribution in [-0.2, 0) is 17.8 Å². The number of nitrogens with zero attached hydrogens (tertiary/aromatic N) is 4. The summed E-state index contributed by atoms with van der Waals surface area (Å²) in [6.07, 6.45) is 3.42. The van der Waals surface area contributed by atoms with Crippen molar-refractivity contribution in [3.8, 4) is 0 Å². The molecule has 1 aliphatic heterocycles. The van der Waals surface area contributed by atoms with Crippen LogP contribution in [0.5, 0.6) is 0 Å². The molecular formula is C18H19N7O2. The summed E-state index contributed by atoms with van der Waals surface area (Å²) >= 11 is 0. The number of aromatic nitrogens is 5. The number of nitrogens with one attached hydrogen (secondary N) is 3. The number of fused-ring (bicyclic) bond motifs is 1. The molecular weight excluding hydrogens is 346 g/mol. The second-order valence-corrected chi connectivity index (χ2v) is 6.37. The Morgan fingerprint density at radius 3 is 2.96 bits per heavy atom. The minimum absolute atomic E-state index is 0.0285. The number of H-pyrrole nitrogens is 1. The first-order chi connectivity index (χ1) is 13.2. The predicted molar refractivity (Wildman–Crippen MR) is 97.0 cm³/mol. The molecule has 1 atom stereocenters. The molecule has 0 spiro atoms. The topological polar surface area (TPSA) is 118 Å². The van der Waals surface area contributed by atoms with Crippen molar-refractivity contribution in [2.45, 2.75) is 31.8 Å². The maximum atomic E-state index is 12.5. The highest BCUT2D eigenvalue weighted by molar-refractivity contribution is 5.99. The molecule has 3 N–H and O–H groups in total. The van der Waals surface area contributed by atoms with Gasteiger partial charge in [-0.2, -0.15) is 5.10 Å². The Morgan fingerprint density at radius 1 is 1.26 bits per heavy atom. The van der Waals surface area contributed by atoms with Crippen molar-refractivity contribution in [2.75, 3.05) is 5.32 Å². The molecule has 0 fully saturated rings. The van der Waals surface area contributed by atoms with Gasteiger partial charge in [0.05, 0.1) is 6.20 Å². The van der Waals surface area contributed by atoms with Gasteiger partial charge in [-0.15, -0.1) is 5.10 Å². The van der Waals surface area contributed by atoms with E-state index < -0.39 is 11.9 Å². The molecule has 9 nitrogen and oxygen atoms in total. The quantitative estimate of drug-likeness (QED) is 0.640. The number of anilines is 1. The van der Waals surface area contributed by atoms with Crippen LogP contribution >= 0.6 is 0 Å². The molecule has 4 rings (SSSR count). The van der Waals surface area contributed by atoms with Gasteiger partial charge in [0, 0.05) is 19.0 Å². The van der Waals surface area contributed by atoms with E-state index in [1.165, 1.54) is 0 Å². The van der Waals surface area contributed by atoms with E-state index in [2.05, 4.69) is 30.9 Å². The van der Waals surface area contributed by atoms with Crippen LogP contribution in [0.2, 0.25) is 0 Å². The third-order valence-electron chi connectivity index (χ3n) is 4.40. The molecule has 0 aliphatic carbocycles. The summed E-state index contributed by atoms with van der Waals surface area (Å²) in [6.45, 7) is 0.677. The second kappa shape index (κ2) is 7.40. The summed E-state index contributed by atoms with van der Waals surface area (Å²) in [4.78, 5) is 29.1. The Morgan fingerprint density at radius 2 is 2.11 bits per heavy atom. The van der Waals surface area contributed by atoms with Crippen LogP contribution in [0.1, 0.15) is 34.8 Å². The molecule has 1 aromatic carbocycles.